The lowest BCUT2D eigenvalue weighted by atomic mass is 10.1. The van der Waals surface area contributed by atoms with E-state index in [1.807, 2.05) is 4.90 Å². The Balaban J connectivity index is 1.30. The number of halogens is 1. The van der Waals surface area contributed by atoms with Crippen LogP contribution in [0.1, 0.15) is 23.2 Å². The molecular weight excluding hydrogens is 413 g/mol. The Kier molecular flexibility index (Phi) is 6.49. The minimum Gasteiger partial charge on any atom is -0.442 e. The van der Waals surface area contributed by atoms with Gasteiger partial charge in [-0.05, 0) is 37.1 Å². The number of ether oxygens (including phenoxy) is 1. The van der Waals surface area contributed by atoms with Gasteiger partial charge in [-0.3, -0.25) is 14.5 Å². The first-order valence-corrected chi connectivity index (χ1v) is 10.6. The highest BCUT2D eigenvalue weighted by Crippen LogP contribution is 2.29. The topological polar surface area (TPSA) is 79.0 Å². The number of ketones is 1. The molecule has 0 saturated carbocycles. The van der Waals surface area contributed by atoms with Crippen LogP contribution in [0.2, 0.25) is 0 Å². The molecule has 2 aromatic carbocycles. The number of carbonyl (C=O) groups is 3. The Bertz CT molecular complexity index is 1030. The molecule has 0 aliphatic carbocycles. The van der Waals surface area contributed by atoms with Crippen molar-refractivity contribution < 1.29 is 23.5 Å². The molecule has 0 aromatic heterocycles. The summed E-state index contributed by atoms with van der Waals surface area (Å²) in [6.45, 7) is 1.93. The van der Waals surface area contributed by atoms with Gasteiger partial charge in [-0.2, -0.15) is 0 Å². The summed E-state index contributed by atoms with van der Waals surface area (Å²) in [7, 11) is 0. The Morgan fingerprint density at radius 3 is 2.56 bits per heavy atom. The SMILES string of the molecule is O=C(/C=C\C(=O)c1ccccc1)NC[C@H]1CN(c2ccc(N3CCCC3)c(F)c2)C(=O)O1. The van der Waals surface area contributed by atoms with Gasteiger partial charge in [-0.25, -0.2) is 9.18 Å². The molecule has 0 bridgehead atoms. The molecule has 1 N–H and O–H groups in total. The molecular formula is C24H24FN3O4. The largest absolute Gasteiger partial charge is 0.442 e. The van der Waals surface area contributed by atoms with Crippen molar-refractivity contribution >= 4 is 29.2 Å². The number of carbonyl (C=O) groups excluding carboxylic acids is 3. The molecule has 166 valence electrons. The van der Waals surface area contributed by atoms with Gasteiger partial charge in [0.1, 0.15) is 11.9 Å². The highest BCUT2D eigenvalue weighted by atomic mass is 19.1. The fourth-order valence-corrected chi connectivity index (χ4v) is 3.84. The molecule has 1 atom stereocenters. The number of allylic oxidation sites excluding steroid dienone is 1. The van der Waals surface area contributed by atoms with Crippen LogP contribution in [0.5, 0.6) is 0 Å². The summed E-state index contributed by atoms with van der Waals surface area (Å²) in [5, 5.41) is 2.62. The van der Waals surface area contributed by atoms with Crippen LogP contribution in [-0.4, -0.2) is 50.1 Å². The van der Waals surface area contributed by atoms with Crippen molar-refractivity contribution in [3.05, 3.63) is 72.1 Å². The summed E-state index contributed by atoms with van der Waals surface area (Å²) in [5.74, 6) is -1.12. The van der Waals surface area contributed by atoms with Gasteiger partial charge in [-0.1, -0.05) is 30.3 Å². The maximum atomic E-state index is 14.6. The molecule has 2 saturated heterocycles. The lowest BCUT2D eigenvalue weighted by Crippen LogP contribution is -2.33. The van der Waals surface area contributed by atoms with Crippen LogP contribution in [0.3, 0.4) is 0 Å². The Morgan fingerprint density at radius 2 is 1.84 bits per heavy atom. The summed E-state index contributed by atoms with van der Waals surface area (Å²) < 4.78 is 19.9. The van der Waals surface area contributed by atoms with Crippen molar-refractivity contribution in [2.75, 3.05) is 36.0 Å². The van der Waals surface area contributed by atoms with E-state index in [9.17, 15) is 18.8 Å². The molecule has 2 amide bonds. The molecule has 2 aromatic rings. The molecule has 4 rings (SSSR count). The number of nitrogens with zero attached hydrogens (tertiary/aromatic N) is 2. The zero-order chi connectivity index (χ0) is 22.5. The molecule has 2 aliphatic rings. The first kappa shape index (κ1) is 21.5. The van der Waals surface area contributed by atoms with Crippen LogP contribution in [0.15, 0.2) is 60.7 Å². The number of amides is 2. The lowest BCUT2D eigenvalue weighted by Gasteiger charge is -2.20. The second kappa shape index (κ2) is 9.64. The predicted molar refractivity (Wildman–Crippen MR) is 118 cm³/mol. The number of cyclic esters (lactones) is 1. The van der Waals surface area contributed by atoms with E-state index in [4.69, 9.17) is 4.74 Å². The third-order valence-electron chi connectivity index (χ3n) is 5.51. The van der Waals surface area contributed by atoms with E-state index in [-0.39, 0.29) is 24.7 Å². The first-order valence-electron chi connectivity index (χ1n) is 10.6. The van der Waals surface area contributed by atoms with Gasteiger partial charge in [0.05, 0.1) is 24.5 Å². The highest BCUT2D eigenvalue weighted by molar-refractivity contribution is 6.07. The molecule has 0 radical (unpaired) electrons. The second-order valence-corrected chi connectivity index (χ2v) is 7.76. The number of rotatable bonds is 7. The van der Waals surface area contributed by atoms with E-state index in [2.05, 4.69) is 5.32 Å². The Morgan fingerprint density at radius 1 is 1.09 bits per heavy atom. The summed E-state index contributed by atoms with van der Waals surface area (Å²) in [6, 6.07) is 13.4. The zero-order valence-electron chi connectivity index (χ0n) is 17.5. The number of anilines is 2. The maximum Gasteiger partial charge on any atom is 0.414 e. The van der Waals surface area contributed by atoms with Crippen LogP contribution < -0.4 is 15.1 Å². The number of benzene rings is 2. The monoisotopic (exact) mass is 437 g/mol. The van der Waals surface area contributed by atoms with Gasteiger partial charge < -0.3 is 15.0 Å². The smallest absolute Gasteiger partial charge is 0.414 e. The lowest BCUT2D eigenvalue weighted by molar-refractivity contribution is -0.116. The molecule has 0 unspecified atom stereocenters. The first-order chi connectivity index (χ1) is 15.5. The standard InChI is InChI=1S/C24H24FN3O4/c25-20-14-18(8-9-21(20)27-12-4-5-13-27)28-16-19(32-24(28)31)15-26-23(30)11-10-22(29)17-6-2-1-3-7-17/h1-3,6-11,14,19H,4-5,12-13,15-16H2,(H,26,30)/b11-10-/t19-/m0/s1. The van der Waals surface area contributed by atoms with Crippen LogP contribution in [-0.2, 0) is 9.53 Å². The van der Waals surface area contributed by atoms with Crippen molar-refractivity contribution in [2.24, 2.45) is 0 Å². The van der Waals surface area contributed by atoms with Crippen molar-refractivity contribution in [3.8, 4) is 0 Å². The predicted octanol–water partition coefficient (Wildman–Crippen LogP) is 3.31. The fourth-order valence-electron chi connectivity index (χ4n) is 3.84. The van der Waals surface area contributed by atoms with Gasteiger partial charge in [0.25, 0.3) is 0 Å². The van der Waals surface area contributed by atoms with Crippen molar-refractivity contribution in [2.45, 2.75) is 18.9 Å². The summed E-state index contributed by atoms with van der Waals surface area (Å²) in [6.07, 6.45) is 3.27. The van der Waals surface area contributed by atoms with Crippen LogP contribution in [0.25, 0.3) is 0 Å². The van der Waals surface area contributed by atoms with E-state index >= 15 is 0 Å². The second-order valence-electron chi connectivity index (χ2n) is 7.76. The summed E-state index contributed by atoms with van der Waals surface area (Å²) in [5.41, 5.74) is 1.44. The van der Waals surface area contributed by atoms with Crippen LogP contribution >= 0.6 is 0 Å². The molecule has 7 nitrogen and oxygen atoms in total. The minimum atomic E-state index is -0.590. The average molecular weight is 437 g/mol. The molecule has 8 heteroatoms. The summed E-state index contributed by atoms with van der Waals surface area (Å²) >= 11 is 0. The quantitative estimate of drug-likeness (QED) is 0.531. The van der Waals surface area contributed by atoms with Crippen LogP contribution in [0.4, 0.5) is 20.6 Å². The van der Waals surface area contributed by atoms with Crippen molar-refractivity contribution in [1.82, 2.24) is 5.32 Å². The minimum absolute atomic E-state index is 0.0826. The number of hydrogen-bond acceptors (Lipinski definition) is 5. The average Bonchev–Trinajstić information content (AvgIpc) is 3.46. The molecule has 32 heavy (non-hydrogen) atoms. The van der Waals surface area contributed by atoms with Gasteiger partial charge in [-0.15, -0.1) is 0 Å². The molecule has 0 spiro atoms. The van der Waals surface area contributed by atoms with E-state index < -0.39 is 18.1 Å². The van der Waals surface area contributed by atoms with Gasteiger partial charge in [0, 0.05) is 24.7 Å². The third-order valence-corrected chi connectivity index (χ3v) is 5.51. The highest BCUT2D eigenvalue weighted by Gasteiger charge is 2.33. The third kappa shape index (κ3) is 4.96. The maximum absolute atomic E-state index is 14.6. The number of nitrogens with one attached hydrogen (secondary N) is 1. The van der Waals surface area contributed by atoms with Crippen molar-refractivity contribution in [3.63, 3.8) is 0 Å². The normalized spacial score (nSPS) is 18.3. The Hall–Kier alpha value is -3.68. The summed E-state index contributed by atoms with van der Waals surface area (Å²) in [4.78, 5) is 39.6. The molecule has 2 aliphatic heterocycles. The van der Waals surface area contributed by atoms with Crippen molar-refractivity contribution in [1.29, 1.82) is 0 Å². The number of hydrogen-bond donors (Lipinski definition) is 1. The van der Waals surface area contributed by atoms with E-state index in [0.29, 0.717) is 16.9 Å². The van der Waals surface area contributed by atoms with Gasteiger partial charge in [0.2, 0.25) is 5.91 Å². The van der Waals surface area contributed by atoms with E-state index in [1.165, 1.54) is 17.0 Å². The fraction of sp³-hybridized carbons (Fsp3) is 0.292. The molecule has 2 heterocycles. The Labute approximate surface area is 185 Å². The van der Waals surface area contributed by atoms with E-state index in [0.717, 1.165) is 32.0 Å². The van der Waals surface area contributed by atoms with Gasteiger partial charge >= 0.3 is 6.09 Å². The van der Waals surface area contributed by atoms with E-state index in [1.54, 1.807) is 42.5 Å². The van der Waals surface area contributed by atoms with Gasteiger partial charge in [0.15, 0.2) is 5.78 Å². The zero-order valence-corrected chi connectivity index (χ0v) is 17.5. The molecule has 2 fully saturated rings. The van der Waals surface area contributed by atoms with Crippen LogP contribution in [0, 0.1) is 5.82 Å².